The second-order valence-electron chi connectivity index (χ2n) is 3.00. The first-order valence-electron chi connectivity index (χ1n) is 4.28. The minimum atomic E-state index is -0.0761. The third-order valence-electron chi connectivity index (χ3n) is 2.05. The van der Waals surface area contributed by atoms with E-state index in [1.54, 1.807) is 6.20 Å². The molecule has 0 aliphatic rings. The Hall–Kier alpha value is -1.58. The van der Waals surface area contributed by atoms with Crippen LogP contribution in [0.5, 0.6) is 0 Å². The molecule has 0 unspecified atom stereocenters. The molecule has 2 heterocycles. The summed E-state index contributed by atoms with van der Waals surface area (Å²) in [4.78, 5) is 11.3. The van der Waals surface area contributed by atoms with Crippen LogP contribution in [0.4, 0.5) is 0 Å². The molecule has 2 aromatic heterocycles. The topological polar surface area (TPSA) is 39.3 Å². The molecule has 0 aromatic carbocycles. The fourth-order valence-corrected chi connectivity index (χ4v) is 1.42. The summed E-state index contributed by atoms with van der Waals surface area (Å²) in [7, 11) is 0. The highest BCUT2D eigenvalue weighted by Crippen LogP contribution is 2.02. The molecule has 68 valence electrons. The van der Waals surface area contributed by atoms with E-state index in [2.05, 4.69) is 5.10 Å². The van der Waals surface area contributed by atoms with Gasteiger partial charge < -0.3 is 4.57 Å². The van der Waals surface area contributed by atoms with Gasteiger partial charge in [0.1, 0.15) is 5.65 Å². The number of aryl methyl sites for hydroxylation is 2. The van der Waals surface area contributed by atoms with E-state index in [0.717, 1.165) is 17.9 Å². The molecule has 0 amide bonds. The third-order valence-corrected chi connectivity index (χ3v) is 2.05. The fraction of sp³-hybridized carbons (Fsp3) is 0.333. The average molecular weight is 177 g/mol. The van der Waals surface area contributed by atoms with Crippen LogP contribution in [-0.2, 0) is 6.54 Å². The first-order valence-corrected chi connectivity index (χ1v) is 4.28. The zero-order valence-electron chi connectivity index (χ0n) is 7.69. The summed E-state index contributed by atoms with van der Waals surface area (Å²) in [6.45, 7) is 4.76. The Morgan fingerprint density at radius 3 is 3.00 bits per heavy atom. The molecule has 13 heavy (non-hydrogen) atoms. The van der Waals surface area contributed by atoms with E-state index in [1.165, 1.54) is 10.6 Å². The van der Waals surface area contributed by atoms with Crippen molar-refractivity contribution in [3.05, 3.63) is 34.4 Å². The summed E-state index contributed by atoms with van der Waals surface area (Å²) in [6, 6.07) is 3.44. The van der Waals surface area contributed by atoms with Crippen LogP contribution in [0.15, 0.2) is 23.1 Å². The standard InChI is InChI=1S/C9H11N3O/c1-3-11-5-4-9(13)12-8(11)6-7(2)10-12/h4-6H,3H2,1-2H3. The van der Waals surface area contributed by atoms with Crippen LogP contribution in [0.2, 0.25) is 0 Å². The summed E-state index contributed by atoms with van der Waals surface area (Å²) in [6.07, 6.45) is 1.79. The normalized spacial score (nSPS) is 10.9. The predicted molar refractivity (Wildman–Crippen MR) is 49.9 cm³/mol. The van der Waals surface area contributed by atoms with Crippen LogP contribution in [0.3, 0.4) is 0 Å². The number of fused-ring (bicyclic) bond motifs is 1. The number of nitrogens with zero attached hydrogens (tertiary/aromatic N) is 3. The van der Waals surface area contributed by atoms with Gasteiger partial charge >= 0.3 is 0 Å². The van der Waals surface area contributed by atoms with E-state index < -0.39 is 0 Å². The molecule has 0 spiro atoms. The summed E-state index contributed by atoms with van der Waals surface area (Å²) < 4.78 is 3.42. The molecule has 0 bridgehead atoms. The minimum absolute atomic E-state index is 0.0761. The van der Waals surface area contributed by atoms with E-state index in [9.17, 15) is 4.79 Å². The smallest absolute Gasteiger partial charge is 0.274 e. The van der Waals surface area contributed by atoms with E-state index >= 15 is 0 Å². The van der Waals surface area contributed by atoms with E-state index in [1.807, 2.05) is 24.5 Å². The van der Waals surface area contributed by atoms with Crippen molar-refractivity contribution >= 4 is 5.65 Å². The zero-order valence-corrected chi connectivity index (χ0v) is 7.69. The van der Waals surface area contributed by atoms with Crippen molar-refractivity contribution in [2.45, 2.75) is 20.4 Å². The monoisotopic (exact) mass is 177 g/mol. The number of hydrogen-bond acceptors (Lipinski definition) is 2. The van der Waals surface area contributed by atoms with Crippen LogP contribution in [0.1, 0.15) is 12.6 Å². The van der Waals surface area contributed by atoms with Crippen LogP contribution in [0.25, 0.3) is 5.65 Å². The van der Waals surface area contributed by atoms with Gasteiger partial charge in [0.05, 0.1) is 5.69 Å². The number of rotatable bonds is 1. The lowest BCUT2D eigenvalue weighted by Gasteiger charge is -2.02. The van der Waals surface area contributed by atoms with Crippen molar-refractivity contribution in [1.29, 1.82) is 0 Å². The Bertz CT molecular complexity index is 495. The van der Waals surface area contributed by atoms with E-state index in [-0.39, 0.29) is 5.56 Å². The highest BCUT2D eigenvalue weighted by Gasteiger charge is 2.02. The maximum Gasteiger partial charge on any atom is 0.274 e. The predicted octanol–water partition coefficient (Wildman–Crippen LogP) is 0.824. The summed E-state index contributed by atoms with van der Waals surface area (Å²) in [5.74, 6) is 0. The molecule has 4 heteroatoms. The summed E-state index contributed by atoms with van der Waals surface area (Å²) >= 11 is 0. The quantitative estimate of drug-likeness (QED) is 0.647. The maximum absolute atomic E-state index is 11.3. The highest BCUT2D eigenvalue weighted by molar-refractivity contribution is 5.39. The molecule has 2 aromatic rings. The Labute approximate surface area is 75.4 Å². The first-order chi connectivity index (χ1) is 6.22. The molecule has 0 fully saturated rings. The van der Waals surface area contributed by atoms with E-state index in [4.69, 9.17) is 0 Å². The van der Waals surface area contributed by atoms with Crippen molar-refractivity contribution in [1.82, 2.24) is 14.2 Å². The number of hydrogen-bond donors (Lipinski definition) is 0. The van der Waals surface area contributed by atoms with Crippen molar-refractivity contribution in [3.8, 4) is 0 Å². The Morgan fingerprint density at radius 2 is 2.31 bits per heavy atom. The average Bonchev–Trinajstić information content (AvgIpc) is 2.48. The second kappa shape index (κ2) is 2.73. The maximum atomic E-state index is 11.3. The minimum Gasteiger partial charge on any atom is -0.333 e. The Kier molecular flexibility index (Phi) is 1.69. The van der Waals surface area contributed by atoms with Gasteiger partial charge in [0.25, 0.3) is 5.56 Å². The molecule has 0 aliphatic carbocycles. The molecule has 0 saturated carbocycles. The van der Waals surface area contributed by atoms with Gasteiger partial charge in [-0.05, 0) is 13.8 Å². The zero-order chi connectivity index (χ0) is 9.42. The van der Waals surface area contributed by atoms with Gasteiger partial charge in [0, 0.05) is 24.9 Å². The van der Waals surface area contributed by atoms with Crippen molar-refractivity contribution in [3.63, 3.8) is 0 Å². The highest BCUT2D eigenvalue weighted by atomic mass is 16.1. The largest absolute Gasteiger partial charge is 0.333 e. The van der Waals surface area contributed by atoms with Crippen LogP contribution >= 0.6 is 0 Å². The number of aromatic nitrogens is 3. The van der Waals surface area contributed by atoms with Gasteiger partial charge in [-0.15, -0.1) is 0 Å². The molecule has 2 rings (SSSR count). The molecule has 0 radical (unpaired) electrons. The first kappa shape index (κ1) is 8.04. The molecule has 0 aliphatic heterocycles. The Balaban J connectivity index is 2.92. The van der Waals surface area contributed by atoms with Crippen LogP contribution in [-0.4, -0.2) is 14.2 Å². The second-order valence-corrected chi connectivity index (χ2v) is 3.00. The van der Waals surface area contributed by atoms with Crippen molar-refractivity contribution < 1.29 is 0 Å². The lowest BCUT2D eigenvalue weighted by molar-refractivity contribution is 0.737. The lowest BCUT2D eigenvalue weighted by atomic mass is 10.4. The van der Waals surface area contributed by atoms with Crippen molar-refractivity contribution in [2.75, 3.05) is 0 Å². The van der Waals surface area contributed by atoms with Crippen molar-refractivity contribution in [2.24, 2.45) is 0 Å². The van der Waals surface area contributed by atoms with Gasteiger partial charge in [0.15, 0.2) is 0 Å². The Morgan fingerprint density at radius 1 is 1.54 bits per heavy atom. The van der Waals surface area contributed by atoms with Crippen LogP contribution in [0, 0.1) is 6.92 Å². The molecule has 0 saturated heterocycles. The van der Waals surface area contributed by atoms with Gasteiger partial charge in [-0.25, -0.2) is 0 Å². The van der Waals surface area contributed by atoms with Gasteiger partial charge in [-0.3, -0.25) is 4.79 Å². The fourth-order valence-electron chi connectivity index (χ4n) is 1.42. The van der Waals surface area contributed by atoms with E-state index in [0.29, 0.717) is 0 Å². The SMILES string of the molecule is CCn1ccc(=O)n2nc(C)cc12. The molecule has 4 nitrogen and oxygen atoms in total. The summed E-state index contributed by atoms with van der Waals surface area (Å²) in [5.41, 5.74) is 1.64. The van der Waals surface area contributed by atoms with Crippen LogP contribution < -0.4 is 5.56 Å². The molecule has 0 N–H and O–H groups in total. The van der Waals surface area contributed by atoms with Gasteiger partial charge in [-0.2, -0.15) is 9.61 Å². The van der Waals surface area contributed by atoms with Gasteiger partial charge in [-0.1, -0.05) is 0 Å². The summed E-state index contributed by atoms with van der Waals surface area (Å²) in [5, 5.41) is 4.10. The molecular formula is C9H11N3O. The lowest BCUT2D eigenvalue weighted by Crippen LogP contribution is -2.16. The molecule has 0 atom stereocenters. The van der Waals surface area contributed by atoms with Gasteiger partial charge in [0.2, 0.25) is 0 Å². The molecular weight excluding hydrogens is 166 g/mol. The third kappa shape index (κ3) is 1.14.